The number of amides is 1. The third kappa shape index (κ3) is 5.01. The third-order valence-electron chi connectivity index (χ3n) is 4.68. The Labute approximate surface area is 182 Å². The predicted molar refractivity (Wildman–Crippen MR) is 123 cm³/mol. The number of benzene rings is 3. The number of nitrogens with zero attached hydrogens (tertiary/aromatic N) is 1. The first-order valence-electron chi connectivity index (χ1n) is 9.51. The van der Waals surface area contributed by atoms with E-state index in [1.807, 2.05) is 48.5 Å². The number of para-hydroxylation sites is 1. The first-order valence-corrected chi connectivity index (χ1v) is 11.7. The number of halogens is 1. The van der Waals surface area contributed by atoms with Gasteiger partial charge in [-0.15, -0.1) is 0 Å². The van der Waals surface area contributed by atoms with Gasteiger partial charge in [-0.3, -0.25) is 9.10 Å². The summed E-state index contributed by atoms with van der Waals surface area (Å²) in [5, 5.41) is 3.41. The maximum absolute atomic E-state index is 13.2. The Bertz CT molecular complexity index is 1120. The number of anilines is 2. The smallest absolute Gasteiger partial charge is 0.248 e. The highest BCUT2D eigenvalue weighted by molar-refractivity contribution is 7.92. The van der Waals surface area contributed by atoms with Gasteiger partial charge >= 0.3 is 0 Å². The topological polar surface area (TPSA) is 66.5 Å². The molecule has 1 N–H and O–H groups in total. The molecule has 0 aliphatic heterocycles. The molecule has 0 aliphatic carbocycles. The van der Waals surface area contributed by atoms with Crippen LogP contribution in [-0.4, -0.2) is 26.6 Å². The number of rotatable bonds is 7. The Morgan fingerprint density at radius 3 is 2.17 bits per heavy atom. The van der Waals surface area contributed by atoms with Gasteiger partial charge in [-0.25, -0.2) is 8.42 Å². The molecule has 0 aromatic heterocycles. The molecule has 3 rings (SSSR count). The van der Waals surface area contributed by atoms with Crippen LogP contribution >= 0.6 is 11.6 Å². The molecular weight excluding hydrogens is 420 g/mol. The Kier molecular flexibility index (Phi) is 6.80. The van der Waals surface area contributed by atoms with Gasteiger partial charge in [-0.1, -0.05) is 67.1 Å². The van der Waals surface area contributed by atoms with Crippen molar-refractivity contribution in [2.24, 2.45) is 0 Å². The summed E-state index contributed by atoms with van der Waals surface area (Å²) in [5.74, 6) is -0.402. The highest BCUT2D eigenvalue weighted by atomic mass is 35.5. The fourth-order valence-electron chi connectivity index (χ4n) is 3.33. The molecule has 0 bridgehead atoms. The molecule has 0 radical (unpaired) electrons. The Hall–Kier alpha value is -2.83. The second kappa shape index (κ2) is 9.32. The second-order valence-corrected chi connectivity index (χ2v) is 9.16. The van der Waals surface area contributed by atoms with Gasteiger partial charge in [-0.2, -0.15) is 0 Å². The van der Waals surface area contributed by atoms with E-state index in [0.29, 0.717) is 22.8 Å². The van der Waals surface area contributed by atoms with Crippen LogP contribution in [0.2, 0.25) is 5.02 Å². The van der Waals surface area contributed by atoms with Gasteiger partial charge in [0.15, 0.2) is 0 Å². The van der Waals surface area contributed by atoms with Crippen LogP contribution in [0.3, 0.4) is 0 Å². The van der Waals surface area contributed by atoms with E-state index >= 15 is 0 Å². The van der Waals surface area contributed by atoms with Crippen molar-refractivity contribution >= 4 is 38.9 Å². The van der Waals surface area contributed by atoms with E-state index in [4.69, 9.17) is 11.6 Å². The van der Waals surface area contributed by atoms with Crippen molar-refractivity contribution < 1.29 is 13.2 Å². The summed E-state index contributed by atoms with van der Waals surface area (Å²) in [7, 11) is -3.71. The van der Waals surface area contributed by atoms with Crippen LogP contribution in [-0.2, 0) is 14.8 Å². The normalized spacial score (nSPS) is 12.2. The lowest BCUT2D eigenvalue weighted by Crippen LogP contribution is -2.47. The van der Waals surface area contributed by atoms with E-state index in [-0.39, 0.29) is 0 Å². The fourth-order valence-corrected chi connectivity index (χ4v) is 4.66. The van der Waals surface area contributed by atoms with Gasteiger partial charge in [-0.05, 0) is 42.3 Å². The molecule has 5 nitrogen and oxygen atoms in total. The molecule has 3 aromatic carbocycles. The molecule has 0 aliphatic rings. The number of sulfonamides is 1. The van der Waals surface area contributed by atoms with E-state index < -0.39 is 22.0 Å². The average Bonchev–Trinajstić information content (AvgIpc) is 2.73. The number of hydrogen-bond donors (Lipinski definition) is 1. The van der Waals surface area contributed by atoms with Gasteiger partial charge in [0.05, 0.1) is 11.9 Å². The summed E-state index contributed by atoms with van der Waals surface area (Å²) in [6.45, 7) is 1.78. The minimum atomic E-state index is -3.71. The zero-order chi connectivity index (χ0) is 21.7. The van der Waals surface area contributed by atoms with E-state index in [9.17, 15) is 13.2 Å². The largest absolute Gasteiger partial charge is 0.324 e. The first-order chi connectivity index (χ1) is 14.3. The lowest BCUT2D eigenvalue weighted by atomic mass is 10.0. The molecule has 0 heterocycles. The highest BCUT2D eigenvalue weighted by Gasteiger charge is 2.31. The van der Waals surface area contributed by atoms with Crippen LogP contribution in [0.25, 0.3) is 11.1 Å². The molecule has 1 amide bonds. The molecule has 0 saturated carbocycles. The maximum atomic E-state index is 13.2. The summed E-state index contributed by atoms with van der Waals surface area (Å²) < 4.78 is 26.3. The monoisotopic (exact) mass is 442 g/mol. The fraction of sp³-hybridized carbons (Fsp3) is 0.174. The van der Waals surface area contributed by atoms with Crippen molar-refractivity contribution in [1.82, 2.24) is 0 Å². The predicted octanol–water partition coefficient (Wildman–Crippen LogP) is 5.19. The summed E-state index contributed by atoms with van der Waals surface area (Å²) >= 11 is 5.94. The van der Waals surface area contributed by atoms with Crippen LogP contribution in [0, 0.1) is 0 Å². The van der Waals surface area contributed by atoms with Crippen molar-refractivity contribution in [3.05, 3.63) is 83.9 Å². The molecule has 156 valence electrons. The van der Waals surface area contributed by atoms with Crippen LogP contribution < -0.4 is 9.62 Å². The molecule has 7 heteroatoms. The Morgan fingerprint density at radius 1 is 0.967 bits per heavy atom. The summed E-state index contributed by atoms with van der Waals surface area (Å²) in [5.41, 5.74) is 2.83. The molecule has 3 aromatic rings. The molecule has 1 unspecified atom stereocenters. The average molecular weight is 443 g/mol. The van der Waals surface area contributed by atoms with Gasteiger partial charge in [0.25, 0.3) is 0 Å². The van der Waals surface area contributed by atoms with Gasteiger partial charge in [0, 0.05) is 16.3 Å². The van der Waals surface area contributed by atoms with Crippen molar-refractivity contribution in [1.29, 1.82) is 0 Å². The number of carbonyl (C=O) groups excluding carboxylic acids is 1. The lowest BCUT2D eigenvalue weighted by Gasteiger charge is -2.30. The molecule has 0 spiro atoms. The SMILES string of the molecule is CCC(C(=O)Nc1ccccc1-c1ccccc1)N(c1ccc(Cl)cc1)S(C)(=O)=O. The standard InChI is InChI=1S/C23H23ClN2O3S/c1-3-22(26(30(2,28)29)19-15-13-18(24)14-16-19)23(27)25-21-12-8-7-11-20(21)17-9-5-4-6-10-17/h4-16,22H,3H2,1-2H3,(H,25,27). The molecule has 30 heavy (non-hydrogen) atoms. The minimum absolute atomic E-state index is 0.301. The number of carbonyl (C=O) groups is 1. The molecule has 0 saturated heterocycles. The second-order valence-electron chi connectivity index (χ2n) is 6.86. The van der Waals surface area contributed by atoms with E-state index in [0.717, 1.165) is 21.7 Å². The quantitative estimate of drug-likeness (QED) is 0.547. The lowest BCUT2D eigenvalue weighted by molar-refractivity contribution is -0.117. The summed E-state index contributed by atoms with van der Waals surface area (Å²) in [4.78, 5) is 13.2. The van der Waals surface area contributed by atoms with Crippen LogP contribution in [0.4, 0.5) is 11.4 Å². The third-order valence-corrected chi connectivity index (χ3v) is 6.11. The zero-order valence-electron chi connectivity index (χ0n) is 16.7. The maximum Gasteiger partial charge on any atom is 0.248 e. The van der Waals surface area contributed by atoms with Crippen LogP contribution in [0.1, 0.15) is 13.3 Å². The van der Waals surface area contributed by atoms with E-state index in [2.05, 4.69) is 5.32 Å². The van der Waals surface area contributed by atoms with Crippen LogP contribution in [0.5, 0.6) is 0 Å². The Morgan fingerprint density at radius 2 is 1.57 bits per heavy atom. The number of hydrogen-bond acceptors (Lipinski definition) is 3. The van der Waals surface area contributed by atoms with Gasteiger partial charge in [0.1, 0.15) is 6.04 Å². The van der Waals surface area contributed by atoms with E-state index in [1.165, 1.54) is 0 Å². The summed E-state index contributed by atoms with van der Waals surface area (Å²) in [6.07, 6.45) is 1.39. The van der Waals surface area contributed by atoms with Crippen LogP contribution in [0.15, 0.2) is 78.9 Å². The van der Waals surface area contributed by atoms with Crippen molar-refractivity contribution in [3.8, 4) is 11.1 Å². The highest BCUT2D eigenvalue weighted by Crippen LogP contribution is 2.29. The van der Waals surface area contributed by atoms with Gasteiger partial charge < -0.3 is 5.32 Å². The molecular formula is C23H23ClN2O3S. The van der Waals surface area contributed by atoms with E-state index in [1.54, 1.807) is 37.3 Å². The van der Waals surface area contributed by atoms with Gasteiger partial charge in [0.2, 0.25) is 15.9 Å². The summed E-state index contributed by atoms with van der Waals surface area (Å²) in [6, 6.07) is 22.6. The van der Waals surface area contributed by atoms with Crippen molar-refractivity contribution in [2.75, 3.05) is 15.9 Å². The molecule has 0 fully saturated rings. The van der Waals surface area contributed by atoms with Crippen molar-refractivity contribution in [3.63, 3.8) is 0 Å². The Balaban J connectivity index is 1.96. The molecule has 1 atom stereocenters. The zero-order valence-corrected chi connectivity index (χ0v) is 18.3. The van der Waals surface area contributed by atoms with Crippen molar-refractivity contribution in [2.45, 2.75) is 19.4 Å². The first kappa shape index (κ1) is 21.9. The minimum Gasteiger partial charge on any atom is -0.324 e. The number of nitrogens with one attached hydrogen (secondary N) is 1.